The minimum atomic E-state index is -0.0696. The van der Waals surface area contributed by atoms with Crippen LogP contribution in [0, 0.1) is 5.92 Å². The highest BCUT2D eigenvalue weighted by atomic mass is 16.7. The van der Waals surface area contributed by atoms with E-state index in [1.165, 1.54) is 30.4 Å². The Bertz CT molecular complexity index is 953. The molecule has 0 radical (unpaired) electrons. The molecule has 2 aliphatic rings. The second-order valence-electron chi connectivity index (χ2n) is 9.28. The van der Waals surface area contributed by atoms with Gasteiger partial charge >= 0.3 is 0 Å². The number of Topliss-reactive ketones (excluding diaryl/α,β-unsaturated/α-hetero) is 1. The van der Waals surface area contributed by atoms with Crippen molar-refractivity contribution in [2.75, 3.05) is 13.3 Å². The van der Waals surface area contributed by atoms with Gasteiger partial charge in [-0.1, -0.05) is 31.2 Å². The zero-order valence-electron chi connectivity index (χ0n) is 19.1. The summed E-state index contributed by atoms with van der Waals surface area (Å²) in [5.74, 6) is 3.55. The Kier molecular flexibility index (Phi) is 7.13. The molecule has 5 heteroatoms. The Labute approximate surface area is 190 Å². The van der Waals surface area contributed by atoms with Gasteiger partial charge in [0, 0.05) is 24.1 Å². The van der Waals surface area contributed by atoms with Crippen LogP contribution in [0.25, 0.3) is 0 Å². The molecule has 4 rings (SSSR count). The smallest absolute Gasteiger partial charge is 0.251 e. The van der Waals surface area contributed by atoms with E-state index < -0.39 is 0 Å². The van der Waals surface area contributed by atoms with Crippen molar-refractivity contribution in [3.63, 3.8) is 0 Å². The largest absolute Gasteiger partial charge is 0.454 e. The van der Waals surface area contributed by atoms with Crippen LogP contribution >= 0.6 is 0 Å². The summed E-state index contributed by atoms with van der Waals surface area (Å²) in [4.78, 5) is 23.3. The van der Waals surface area contributed by atoms with Crippen LogP contribution in [-0.2, 0) is 4.79 Å². The number of nitrogens with one attached hydrogen (secondary N) is 1. The van der Waals surface area contributed by atoms with Crippen molar-refractivity contribution in [2.45, 2.75) is 64.2 Å². The van der Waals surface area contributed by atoms with Crippen LogP contribution in [0.5, 0.6) is 11.5 Å². The Balaban J connectivity index is 1.28. The topological polar surface area (TPSA) is 64.6 Å². The van der Waals surface area contributed by atoms with Gasteiger partial charge in [-0.25, -0.2) is 0 Å². The molecular weight excluding hydrogens is 402 g/mol. The molecule has 2 aromatic rings. The molecule has 2 aromatic carbocycles. The zero-order valence-corrected chi connectivity index (χ0v) is 19.1. The van der Waals surface area contributed by atoms with Gasteiger partial charge in [0.1, 0.15) is 5.78 Å². The third-order valence-electron chi connectivity index (χ3n) is 6.82. The average molecular weight is 436 g/mol. The molecule has 1 fully saturated rings. The van der Waals surface area contributed by atoms with Crippen LogP contribution in [-0.4, -0.2) is 25.0 Å². The van der Waals surface area contributed by atoms with Gasteiger partial charge in [-0.3, -0.25) is 4.79 Å². The fourth-order valence-corrected chi connectivity index (χ4v) is 5.11. The van der Waals surface area contributed by atoms with Crippen molar-refractivity contribution in [3.05, 3.63) is 59.2 Å². The average Bonchev–Trinajstić information content (AvgIpc) is 3.46. The van der Waals surface area contributed by atoms with Crippen LogP contribution < -0.4 is 14.8 Å². The Morgan fingerprint density at radius 1 is 1.09 bits per heavy atom. The number of hydrogen-bond donors (Lipinski definition) is 1. The predicted molar refractivity (Wildman–Crippen MR) is 124 cm³/mol. The van der Waals surface area contributed by atoms with E-state index in [0.29, 0.717) is 49.5 Å². The maximum atomic E-state index is 12.3. The van der Waals surface area contributed by atoms with Gasteiger partial charge in [-0.2, -0.15) is 0 Å². The number of amides is 1. The highest BCUT2D eigenvalue weighted by Crippen LogP contribution is 2.45. The lowest BCUT2D eigenvalue weighted by Gasteiger charge is -2.19. The molecular formula is C27H33NO4. The molecule has 1 aliphatic carbocycles. The second-order valence-corrected chi connectivity index (χ2v) is 9.28. The number of rotatable bonds is 9. The fourth-order valence-electron chi connectivity index (χ4n) is 5.11. The molecule has 5 nitrogen and oxygen atoms in total. The van der Waals surface area contributed by atoms with Crippen molar-refractivity contribution in [3.8, 4) is 11.5 Å². The fraction of sp³-hybridized carbons (Fsp3) is 0.481. The van der Waals surface area contributed by atoms with E-state index in [9.17, 15) is 9.59 Å². The lowest BCUT2D eigenvalue weighted by atomic mass is 9.87. The number of hydrogen-bond acceptors (Lipinski definition) is 4. The highest BCUT2D eigenvalue weighted by molar-refractivity contribution is 5.94. The maximum absolute atomic E-state index is 12.3. The minimum Gasteiger partial charge on any atom is -0.454 e. The van der Waals surface area contributed by atoms with Crippen molar-refractivity contribution < 1.29 is 19.1 Å². The lowest BCUT2D eigenvalue weighted by molar-refractivity contribution is -0.117. The monoisotopic (exact) mass is 435 g/mol. The van der Waals surface area contributed by atoms with E-state index >= 15 is 0 Å². The summed E-state index contributed by atoms with van der Waals surface area (Å²) in [6, 6.07) is 14.3. The van der Waals surface area contributed by atoms with E-state index in [-0.39, 0.29) is 11.7 Å². The Morgan fingerprint density at radius 3 is 2.69 bits per heavy atom. The second kappa shape index (κ2) is 10.2. The van der Waals surface area contributed by atoms with Crippen LogP contribution in [0.2, 0.25) is 0 Å². The molecule has 1 aliphatic heterocycles. The summed E-state index contributed by atoms with van der Waals surface area (Å²) in [5.41, 5.74) is 3.26. The molecule has 1 amide bonds. The molecule has 0 spiro atoms. The van der Waals surface area contributed by atoms with Gasteiger partial charge in [0.2, 0.25) is 6.79 Å². The van der Waals surface area contributed by atoms with Gasteiger partial charge in [0.25, 0.3) is 5.91 Å². The summed E-state index contributed by atoms with van der Waals surface area (Å²) >= 11 is 0. The normalized spacial score (nSPS) is 20.2. The minimum absolute atomic E-state index is 0.0696. The van der Waals surface area contributed by atoms with Gasteiger partial charge in [-0.05, 0) is 80.5 Å². The van der Waals surface area contributed by atoms with E-state index in [1.807, 2.05) is 18.2 Å². The summed E-state index contributed by atoms with van der Waals surface area (Å²) < 4.78 is 11.2. The van der Waals surface area contributed by atoms with Gasteiger partial charge < -0.3 is 19.6 Å². The first kappa shape index (κ1) is 22.4. The zero-order chi connectivity index (χ0) is 22.5. The predicted octanol–water partition coefficient (Wildman–Crippen LogP) is 5.59. The number of ketones is 1. The van der Waals surface area contributed by atoms with Crippen LogP contribution in [0.3, 0.4) is 0 Å². The molecule has 32 heavy (non-hydrogen) atoms. The Morgan fingerprint density at radius 2 is 1.91 bits per heavy atom. The summed E-state index contributed by atoms with van der Waals surface area (Å²) in [6.07, 6.45) is 5.96. The SMILES string of the molecule is CC(=O)CCCNC(=O)c1ccc([C@@H]2CC[C@H](C[C@H](C)c3cccc4c3OCO4)C2)cc1. The summed E-state index contributed by atoms with van der Waals surface area (Å²) in [5, 5.41) is 2.89. The van der Waals surface area contributed by atoms with E-state index in [1.54, 1.807) is 6.92 Å². The lowest BCUT2D eigenvalue weighted by Crippen LogP contribution is -2.24. The molecule has 0 aromatic heterocycles. The first-order chi connectivity index (χ1) is 15.5. The van der Waals surface area contributed by atoms with Crippen LogP contribution in [0.15, 0.2) is 42.5 Å². The maximum Gasteiger partial charge on any atom is 0.251 e. The number of benzene rings is 2. The van der Waals surface area contributed by atoms with Gasteiger partial charge in [0.15, 0.2) is 11.5 Å². The Hall–Kier alpha value is -2.82. The van der Waals surface area contributed by atoms with Crippen molar-refractivity contribution in [2.24, 2.45) is 5.92 Å². The summed E-state index contributed by atoms with van der Waals surface area (Å²) in [6.45, 7) is 4.71. The molecule has 0 bridgehead atoms. The third kappa shape index (κ3) is 5.32. The van der Waals surface area contributed by atoms with Crippen molar-refractivity contribution in [1.82, 2.24) is 5.32 Å². The van der Waals surface area contributed by atoms with Crippen molar-refractivity contribution >= 4 is 11.7 Å². The van der Waals surface area contributed by atoms with Gasteiger partial charge in [-0.15, -0.1) is 0 Å². The van der Waals surface area contributed by atoms with Gasteiger partial charge in [0.05, 0.1) is 0 Å². The molecule has 1 saturated carbocycles. The first-order valence-corrected chi connectivity index (χ1v) is 11.8. The molecule has 0 unspecified atom stereocenters. The number of carbonyl (C=O) groups is 2. The molecule has 170 valence electrons. The number of carbonyl (C=O) groups excluding carboxylic acids is 2. The molecule has 1 heterocycles. The van der Waals surface area contributed by atoms with E-state index in [2.05, 4.69) is 36.5 Å². The standard InChI is InChI=1S/C27H33NO4/c1-18(24-6-3-7-25-26(24)32-17-31-25)15-20-8-9-23(16-20)21-10-12-22(13-11-21)27(30)28-14-4-5-19(2)29/h3,6-7,10-13,18,20,23H,4-5,8-9,14-17H2,1-2H3,(H,28,30)/t18-,20+,23+/m0/s1. The van der Waals surface area contributed by atoms with Crippen LogP contribution in [0.1, 0.15) is 85.7 Å². The number of ether oxygens (including phenoxy) is 2. The molecule has 0 saturated heterocycles. The third-order valence-corrected chi connectivity index (χ3v) is 6.82. The quantitative estimate of drug-likeness (QED) is 0.521. The number of fused-ring (bicyclic) bond motifs is 1. The van der Waals surface area contributed by atoms with E-state index in [4.69, 9.17) is 9.47 Å². The van der Waals surface area contributed by atoms with Crippen LogP contribution in [0.4, 0.5) is 0 Å². The highest BCUT2D eigenvalue weighted by Gasteiger charge is 2.29. The summed E-state index contributed by atoms with van der Waals surface area (Å²) in [7, 11) is 0. The first-order valence-electron chi connectivity index (χ1n) is 11.8. The molecule has 1 N–H and O–H groups in total. The van der Waals surface area contributed by atoms with Crippen molar-refractivity contribution in [1.29, 1.82) is 0 Å². The molecule has 3 atom stereocenters. The number of para-hydroxylation sites is 1. The van der Waals surface area contributed by atoms with E-state index in [0.717, 1.165) is 17.9 Å².